The van der Waals surface area contributed by atoms with Crippen molar-refractivity contribution in [1.82, 2.24) is 5.32 Å². The zero-order chi connectivity index (χ0) is 12.3. The van der Waals surface area contributed by atoms with Crippen LogP contribution in [0.3, 0.4) is 0 Å². The molecule has 1 aromatic rings. The van der Waals surface area contributed by atoms with Gasteiger partial charge in [-0.1, -0.05) is 12.1 Å². The monoisotopic (exact) mass is 233 g/mol. The summed E-state index contributed by atoms with van der Waals surface area (Å²) < 4.78 is 5.77. The lowest BCUT2D eigenvalue weighted by atomic mass is 10.1. The van der Waals surface area contributed by atoms with E-state index in [0.717, 1.165) is 24.8 Å². The summed E-state index contributed by atoms with van der Waals surface area (Å²) >= 11 is 0. The Bertz CT molecular complexity index is 363. The van der Waals surface area contributed by atoms with Crippen LogP contribution in [0.4, 0.5) is 0 Å². The second-order valence-corrected chi connectivity index (χ2v) is 6.01. The Kier molecular flexibility index (Phi) is 3.72. The van der Waals surface area contributed by atoms with Crippen LogP contribution in [-0.2, 0) is 6.54 Å². The van der Waals surface area contributed by atoms with E-state index < -0.39 is 0 Å². The summed E-state index contributed by atoms with van der Waals surface area (Å²) in [6.45, 7) is 8.32. The van der Waals surface area contributed by atoms with Gasteiger partial charge in [0.15, 0.2) is 0 Å². The number of ether oxygens (including phenoxy) is 1. The number of hydrogen-bond acceptors (Lipinski definition) is 2. The van der Waals surface area contributed by atoms with Gasteiger partial charge in [0.1, 0.15) is 5.75 Å². The number of benzene rings is 1. The molecule has 0 heterocycles. The van der Waals surface area contributed by atoms with Crippen LogP contribution in [-0.4, -0.2) is 12.1 Å². The molecule has 0 unspecified atom stereocenters. The highest BCUT2D eigenvalue weighted by atomic mass is 16.5. The van der Waals surface area contributed by atoms with Gasteiger partial charge in [-0.3, -0.25) is 0 Å². The predicted molar refractivity (Wildman–Crippen MR) is 71.3 cm³/mol. The van der Waals surface area contributed by atoms with Crippen LogP contribution in [0.15, 0.2) is 24.3 Å². The molecule has 0 bridgehead atoms. The summed E-state index contributed by atoms with van der Waals surface area (Å²) in [5.41, 5.74) is 1.44. The first-order chi connectivity index (χ1) is 8.03. The first-order valence-corrected chi connectivity index (χ1v) is 6.50. The Balaban J connectivity index is 1.86. The van der Waals surface area contributed by atoms with Crippen LogP contribution in [0.2, 0.25) is 0 Å². The molecule has 1 N–H and O–H groups in total. The molecule has 2 nitrogen and oxygen atoms in total. The van der Waals surface area contributed by atoms with E-state index in [-0.39, 0.29) is 5.54 Å². The maximum Gasteiger partial charge on any atom is 0.119 e. The molecule has 0 saturated heterocycles. The lowest BCUT2D eigenvalue weighted by Gasteiger charge is -2.20. The van der Waals surface area contributed by atoms with E-state index in [1.54, 1.807) is 0 Å². The van der Waals surface area contributed by atoms with Crippen molar-refractivity contribution in [2.45, 2.75) is 45.7 Å². The van der Waals surface area contributed by atoms with Crippen molar-refractivity contribution in [2.24, 2.45) is 5.92 Å². The summed E-state index contributed by atoms with van der Waals surface area (Å²) in [5.74, 6) is 1.82. The molecular weight excluding hydrogens is 210 g/mol. The third-order valence-corrected chi connectivity index (χ3v) is 2.90. The summed E-state index contributed by atoms with van der Waals surface area (Å²) in [6, 6.07) is 8.40. The smallest absolute Gasteiger partial charge is 0.119 e. The van der Waals surface area contributed by atoms with Crippen molar-refractivity contribution in [2.75, 3.05) is 6.61 Å². The first-order valence-electron chi connectivity index (χ1n) is 6.50. The van der Waals surface area contributed by atoms with E-state index in [4.69, 9.17) is 4.74 Å². The third-order valence-electron chi connectivity index (χ3n) is 2.90. The maximum atomic E-state index is 5.77. The van der Waals surface area contributed by atoms with E-state index >= 15 is 0 Å². The van der Waals surface area contributed by atoms with Gasteiger partial charge in [-0.05, 0) is 57.2 Å². The van der Waals surface area contributed by atoms with Crippen LogP contribution in [0.25, 0.3) is 0 Å². The largest absolute Gasteiger partial charge is 0.493 e. The molecule has 2 rings (SSSR count). The molecule has 0 aliphatic heterocycles. The maximum absolute atomic E-state index is 5.77. The van der Waals surface area contributed by atoms with Gasteiger partial charge >= 0.3 is 0 Å². The fraction of sp³-hybridized carbons (Fsp3) is 0.600. The summed E-state index contributed by atoms with van der Waals surface area (Å²) in [7, 11) is 0. The van der Waals surface area contributed by atoms with Gasteiger partial charge in [0, 0.05) is 12.1 Å². The minimum atomic E-state index is 0.158. The summed E-state index contributed by atoms with van der Waals surface area (Å²) in [6.07, 6.45) is 2.68. The fourth-order valence-electron chi connectivity index (χ4n) is 1.61. The van der Waals surface area contributed by atoms with Crippen molar-refractivity contribution in [3.63, 3.8) is 0 Å². The highest BCUT2D eigenvalue weighted by Gasteiger charge is 2.21. The molecule has 0 spiro atoms. The van der Waals surface area contributed by atoms with E-state index in [0.29, 0.717) is 0 Å². The molecule has 17 heavy (non-hydrogen) atoms. The van der Waals surface area contributed by atoms with Crippen LogP contribution >= 0.6 is 0 Å². The molecule has 1 saturated carbocycles. The molecule has 2 heteroatoms. The van der Waals surface area contributed by atoms with E-state index in [9.17, 15) is 0 Å². The minimum absolute atomic E-state index is 0.158. The molecular formula is C15H23NO. The average Bonchev–Trinajstić information content (AvgIpc) is 3.07. The second-order valence-electron chi connectivity index (χ2n) is 6.01. The molecule has 0 aromatic heterocycles. The van der Waals surface area contributed by atoms with Gasteiger partial charge in [-0.2, -0.15) is 0 Å². The van der Waals surface area contributed by atoms with Crippen LogP contribution in [0.1, 0.15) is 39.2 Å². The van der Waals surface area contributed by atoms with Gasteiger partial charge in [0.2, 0.25) is 0 Å². The average molecular weight is 233 g/mol. The SMILES string of the molecule is CC(C)(C)NCc1cccc(OCC2CC2)c1. The molecule has 1 fully saturated rings. The van der Waals surface area contributed by atoms with Crippen molar-refractivity contribution >= 4 is 0 Å². The molecule has 1 aromatic carbocycles. The number of nitrogens with one attached hydrogen (secondary N) is 1. The lowest BCUT2D eigenvalue weighted by Crippen LogP contribution is -2.35. The van der Waals surface area contributed by atoms with Crippen molar-refractivity contribution in [1.29, 1.82) is 0 Å². The van der Waals surface area contributed by atoms with E-state index in [2.05, 4.69) is 44.3 Å². The molecule has 1 aliphatic carbocycles. The Morgan fingerprint density at radius 2 is 2.06 bits per heavy atom. The fourth-order valence-corrected chi connectivity index (χ4v) is 1.61. The van der Waals surface area contributed by atoms with Crippen LogP contribution in [0.5, 0.6) is 5.75 Å². The summed E-state index contributed by atoms with van der Waals surface area (Å²) in [5, 5.41) is 3.49. The minimum Gasteiger partial charge on any atom is -0.493 e. The van der Waals surface area contributed by atoms with Gasteiger partial charge in [-0.25, -0.2) is 0 Å². The first kappa shape index (κ1) is 12.4. The predicted octanol–water partition coefficient (Wildman–Crippen LogP) is 3.36. The second kappa shape index (κ2) is 5.09. The molecule has 0 amide bonds. The molecule has 1 aliphatic rings. The zero-order valence-corrected chi connectivity index (χ0v) is 11.1. The van der Waals surface area contributed by atoms with Crippen LogP contribution < -0.4 is 10.1 Å². The molecule has 0 radical (unpaired) electrons. The van der Waals surface area contributed by atoms with Crippen LogP contribution in [0, 0.1) is 5.92 Å². The normalized spacial score (nSPS) is 15.9. The summed E-state index contributed by atoms with van der Waals surface area (Å²) in [4.78, 5) is 0. The highest BCUT2D eigenvalue weighted by Crippen LogP contribution is 2.29. The van der Waals surface area contributed by atoms with Crippen molar-refractivity contribution < 1.29 is 4.74 Å². The van der Waals surface area contributed by atoms with Crippen molar-refractivity contribution in [3.8, 4) is 5.75 Å². The molecule has 94 valence electrons. The Morgan fingerprint density at radius 3 is 2.71 bits per heavy atom. The quantitative estimate of drug-likeness (QED) is 0.842. The van der Waals surface area contributed by atoms with E-state index in [1.807, 2.05) is 6.07 Å². The zero-order valence-electron chi connectivity index (χ0n) is 11.1. The Labute approximate surface area is 104 Å². The van der Waals surface area contributed by atoms with E-state index in [1.165, 1.54) is 18.4 Å². The third kappa shape index (κ3) is 4.78. The number of hydrogen-bond donors (Lipinski definition) is 1. The van der Waals surface area contributed by atoms with Gasteiger partial charge in [0.25, 0.3) is 0 Å². The molecule has 0 atom stereocenters. The Hall–Kier alpha value is -1.02. The highest BCUT2D eigenvalue weighted by molar-refractivity contribution is 5.28. The lowest BCUT2D eigenvalue weighted by molar-refractivity contribution is 0.299. The van der Waals surface area contributed by atoms with Gasteiger partial charge in [-0.15, -0.1) is 0 Å². The van der Waals surface area contributed by atoms with Gasteiger partial charge < -0.3 is 10.1 Å². The van der Waals surface area contributed by atoms with Crippen molar-refractivity contribution in [3.05, 3.63) is 29.8 Å². The van der Waals surface area contributed by atoms with Gasteiger partial charge in [0.05, 0.1) is 6.61 Å². The standard InChI is InChI=1S/C15H23NO/c1-15(2,3)16-10-13-5-4-6-14(9-13)17-11-12-7-8-12/h4-6,9,12,16H,7-8,10-11H2,1-3H3. The number of rotatable bonds is 5. The topological polar surface area (TPSA) is 21.3 Å². The Morgan fingerprint density at radius 1 is 1.29 bits per heavy atom.